The highest BCUT2D eigenvalue weighted by molar-refractivity contribution is 5.93. The molecule has 1 rings (SSSR count). The second-order valence-corrected chi connectivity index (χ2v) is 4.98. The lowest BCUT2D eigenvalue weighted by molar-refractivity contribution is 0.0697. The molecule has 0 radical (unpaired) electrons. The number of anilines is 1. The van der Waals surface area contributed by atoms with Gasteiger partial charge in [-0.25, -0.2) is 9.59 Å². The van der Waals surface area contributed by atoms with Crippen LogP contribution in [0.25, 0.3) is 0 Å². The van der Waals surface area contributed by atoms with Crippen LogP contribution >= 0.6 is 0 Å². The molecule has 0 saturated carbocycles. The van der Waals surface area contributed by atoms with E-state index in [1.54, 1.807) is 12.1 Å². The summed E-state index contributed by atoms with van der Waals surface area (Å²) >= 11 is 0. The third kappa shape index (κ3) is 5.71. The zero-order valence-electron chi connectivity index (χ0n) is 12.0. The summed E-state index contributed by atoms with van der Waals surface area (Å²) in [6, 6.07) is 5.85. The van der Waals surface area contributed by atoms with Gasteiger partial charge in [-0.1, -0.05) is 6.07 Å². The van der Waals surface area contributed by atoms with Crippen LogP contribution in [0.2, 0.25) is 0 Å². The van der Waals surface area contributed by atoms with Gasteiger partial charge in [0.05, 0.1) is 5.56 Å². The maximum Gasteiger partial charge on any atom is 0.335 e. The predicted molar refractivity (Wildman–Crippen MR) is 78.2 cm³/mol. The average Bonchev–Trinajstić information content (AvgIpc) is 2.36. The van der Waals surface area contributed by atoms with Gasteiger partial charge in [-0.3, -0.25) is 0 Å². The Hall–Kier alpha value is -2.08. The van der Waals surface area contributed by atoms with E-state index in [2.05, 4.69) is 10.6 Å². The molecule has 0 bridgehead atoms. The Morgan fingerprint density at radius 2 is 2.05 bits per heavy atom. The largest absolute Gasteiger partial charge is 0.478 e. The van der Waals surface area contributed by atoms with Gasteiger partial charge in [-0.2, -0.15) is 0 Å². The van der Waals surface area contributed by atoms with Crippen LogP contribution < -0.4 is 10.6 Å². The Morgan fingerprint density at radius 1 is 1.35 bits per heavy atom. The highest BCUT2D eigenvalue weighted by Crippen LogP contribution is 2.10. The van der Waals surface area contributed by atoms with Gasteiger partial charge in [-0.15, -0.1) is 0 Å². The number of hydrogen-bond acceptors (Lipinski definition) is 3. The number of urea groups is 1. The Morgan fingerprint density at radius 3 is 2.65 bits per heavy atom. The molecule has 0 aliphatic carbocycles. The van der Waals surface area contributed by atoms with Gasteiger partial charge in [0, 0.05) is 11.7 Å². The summed E-state index contributed by atoms with van der Waals surface area (Å²) in [5, 5.41) is 14.3. The van der Waals surface area contributed by atoms with Crippen LogP contribution in [0.1, 0.15) is 23.7 Å². The van der Waals surface area contributed by atoms with E-state index in [1.165, 1.54) is 12.1 Å². The van der Waals surface area contributed by atoms with Gasteiger partial charge < -0.3 is 20.6 Å². The highest BCUT2D eigenvalue weighted by atomic mass is 16.4. The molecule has 0 spiro atoms. The normalized spacial score (nSPS) is 12.0. The molecule has 1 unspecified atom stereocenters. The van der Waals surface area contributed by atoms with Crippen molar-refractivity contribution in [2.75, 3.05) is 26.0 Å². The van der Waals surface area contributed by atoms with Crippen molar-refractivity contribution in [1.82, 2.24) is 10.2 Å². The lowest BCUT2D eigenvalue weighted by atomic mass is 10.2. The number of carbonyl (C=O) groups excluding carboxylic acids is 1. The molecule has 0 fully saturated rings. The van der Waals surface area contributed by atoms with Crippen molar-refractivity contribution in [1.29, 1.82) is 0 Å². The number of nitrogens with zero attached hydrogens (tertiary/aromatic N) is 1. The molecule has 6 nitrogen and oxygen atoms in total. The first-order chi connectivity index (χ1) is 9.38. The number of nitrogens with one attached hydrogen (secondary N) is 2. The molecular weight excluding hydrogens is 258 g/mol. The minimum Gasteiger partial charge on any atom is -0.478 e. The lowest BCUT2D eigenvalue weighted by Crippen LogP contribution is -2.37. The van der Waals surface area contributed by atoms with Gasteiger partial charge in [0.15, 0.2) is 0 Å². The smallest absolute Gasteiger partial charge is 0.335 e. The van der Waals surface area contributed by atoms with Crippen molar-refractivity contribution >= 4 is 17.7 Å². The van der Waals surface area contributed by atoms with E-state index in [0.29, 0.717) is 5.69 Å². The molecule has 110 valence electrons. The number of carboxylic acid groups (broad SMARTS) is 1. The van der Waals surface area contributed by atoms with Crippen LogP contribution in [0, 0.1) is 0 Å². The maximum absolute atomic E-state index is 11.8. The third-order valence-corrected chi connectivity index (χ3v) is 2.75. The lowest BCUT2D eigenvalue weighted by Gasteiger charge is -2.17. The molecule has 0 aliphatic rings. The van der Waals surface area contributed by atoms with Gasteiger partial charge in [0.25, 0.3) is 0 Å². The molecule has 1 aromatic rings. The van der Waals surface area contributed by atoms with Crippen LogP contribution in [0.4, 0.5) is 10.5 Å². The van der Waals surface area contributed by atoms with Gasteiger partial charge >= 0.3 is 12.0 Å². The zero-order chi connectivity index (χ0) is 15.1. The summed E-state index contributed by atoms with van der Waals surface area (Å²) in [5.41, 5.74) is 0.602. The maximum atomic E-state index is 11.8. The standard InChI is InChI=1S/C14H21N3O3/c1-10(7-8-17(2)3)15-14(20)16-12-6-4-5-11(9-12)13(18)19/h4-6,9-10H,7-8H2,1-3H3,(H,18,19)(H2,15,16,20). The number of carbonyl (C=O) groups is 2. The van der Waals surface area contributed by atoms with Crippen molar-refractivity contribution in [2.24, 2.45) is 0 Å². The number of rotatable bonds is 6. The van der Waals surface area contributed by atoms with Crippen molar-refractivity contribution in [2.45, 2.75) is 19.4 Å². The zero-order valence-corrected chi connectivity index (χ0v) is 12.0. The fourth-order valence-electron chi connectivity index (χ4n) is 1.64. The topological polar surface area (TPSA) is 81.7 Å². The van der Waals surface area contributed by atoms with Crippen molar-refractivity contribution < 1.29 is 14.7 Å². The number of benzene rings is 1. The van der Waals surface area contributed by atoms with Gasteiger partial charge in [0.2, 0.25) is 0 Å². The number of amides is 2. The Kier molecular flexibility index (Phi) is 5.99. The van der Waals surface area contributed by atoms with E-state index < -0.39 is 5.97 Å². The monoisotopic (exact) mass is 279 g/mol. The quantitative estimate of drug-likeness (QED) is 0.742. The third-order valence-electron chi connectivity index (χ3n) is 2.75. The van der Waals surface area contributed by atoms with Crippen molar-refractivity contribution in [3.05, 3.63) is 29.8 Å². The van der Waals surface area contributed by atoms with Crippen LogP contribution in [-0.2, 0) is 0 Å². The second kappa shape index (κ2) is 7.49. The summed E-state index contributed by atoms with van der Waals surface area (Å²) in [6.45, 7) is 2.81. The van der Waals surface area contributed by atoms with Crippen LogP contribution in [0.15, 0.2) is 24.3 Å². The van der Waals surface area contributed by atoms with Crippen LogP contribution in [-0.4, -0.2) is 48.7 Å². The second-order valence-electron chi connectivity index (χ2n) is 4.98. The summed E-state index contributed by atoms with van der Waals surface area (Å²) in [6.07, 6.45) is 0.843. The van der Waals surface area contributed by atoms with Crippen molar-refractivity contribution in [3.63, 3.8) is 0 Å². The molecule has 0 aliphatic heterocycles. The molecule has 6 heteroatoms. The fraction of sp³-hybridized carbons (Fsp3) is 0.429. The molecule has 0 aromatic heterocycles. The van der Waals surface area contributed by atoms with Gasteiger partial charge in [0.1, 0.15) is 0 Å². The van der Waals surface area contributed by atoms with E-state index in [0.717, 1.165) is 13.0 Å². The number of carboxylic acids is 1. The summed E-state index contributed by atoms with van der Waals surface area (Å²) < 4.78 is 0. The fourth-order valence-corrected chi connectivity index (χ4v) is 1.64. The molecular formula is C14H21N3O3. The van der Waals surface area contributed by atoms with Crippen LogP contribution in [0.3, 0.4) is 0 Å². The number of hydrogen-bond donors (Lipinski definition) is 3. The molecule has 20 heavy (non-hydrogen) atoms. The van der Waals surface area contributed by atoms with Gasteiger partial charge in [-0.05, 0) is 52.2 Å². The first-order valence-corrected chi connectivity index (χ1v) is 6.44. The van der Waals surface area contributed by atoms with E-state index >= 15 is 0 Å². The minimum atomic E-state index is -1.02. The highest BCUT2D eigenvalue weighted by Gasteiger charge is 2.09. The Balaban J connectivity index is 2.49. The first-order valence-electron chi connectivity index (χ1n) is 6.44. The summed E-state index contributed by atoms with van der Waals surface area (Å²) in [7, 11) is 3.95. The molecule has 1 aromatic carbocycles. The molecule has 0 saturated heterocycles. The van der Waals surface area contributed by atoms with E-state index in [4.69, 9.17) is 5.11 Å². The molecule has 1 atom stereocenters. The van der Waals surface area contributed by atoms with Crippen LogP contribution in [0.5, 0.6) is 0 Å². The summed E-state index contributed by atoms with van der Waals surface area (Å²) in [4.78, 5) is 24.6. The Labute approximate surface area is 118 Å². The van der Waals surface area contributed by atoms with E-state index in [1.807, 2.05) is 25.9 Å². The van der Waals surface area contributed by atoms with Crippen molar-refractivity contribution in [3.8, 4) is 0 Å². The summed E-state index contributed by atoms with van der Waals surface area (Å²) in [5.74, 6) is -1.02. The predicted octanol–water partition coefficient (Wildman–Crippen LogP) is 1.85. The molecule has 3 N–H and O–H groups in total. The number of aromatic carboxylic acids is 1. The molecule has 0 heterocycles. The molecule has 2 amide bonds. The SMILES string of the molecule is CC(CCN(C)C)NC(=O)Nc1cccc(C(=O)O)c1. The Bertz CT molecular complexity index is 474. The van der Waals surface area contributed by atoms with E-state index in [9.17, 15) is 9.59 Å². The van der Waals surface area contributed by atoms with E-state index in [-0.39, 0.29) is 17.6 Å². The average molecular weight is 279 g/mol. The first kappa shape index (κ1) is 16.0. The minimum absolute atomic E-state index is 0.0417.